The summed E-state index contributed by atoms with van der Waals surface area (Å²) in [5, 5.41) is 3.96. The largest absolute Gasteiger partial charge is 0.311 e. The van der Waals surface area contributed by atoms with Gasteiger partial charge in [0.15, 0.2) is 0 Å². The zero-order valence-corrected chi connectivity index (χ0v) is 14.0. The predicted molar refractivity (Wildman–Crippen MR) is 88.1 cm³/mol. The predicted octanol–water partition coefficient (Wildman–Crippen LogP) is 3.98. The molecule has 1 unspecified atom stereocenters. The smallest absolute Gasteiger partial charge is 0.0165 e. The zero-order valence-electron chi connectivity index (χ0n) is 14.0. The summed E-state index contributed by atoms with van der Waals surface area (Å²) < 4.78 is 0. The molecule has 2 nitrogen and oxygen atoms in total. The maximum atomic E-state index is 3.96. The van der Waals surface area contributed by atoms with Gasteiger partial charge in [-0.15, -0.1) is 0 Å². The summed E-state index contributed by atoms with van der Waals surface area (Å²) in [4.78, 5) is 2.59. The number of hydrogen-bond donors (Lipinski definition) is 1. The molecule has 2 fully saturated rings. The molecule has 1 aliphatic carbocycles. The van der Waals surface area contributed by atoms with Gasteiger partial charge in [-0.2, -0.15) is 0 Å². The minimum Gasteiger partial charge on any atom is -0.311 e. The average Bonchev–Trinajstić information content (AvgIpc) is 2.36. The minimum atomic E-state index is 0.556. The minimum absolute atomic E-state index is 0.556. The van der Waals surface area contributed by atoms with E-state index in [9.17, 15) is 0 Å². The van der Waals surface area contributed by atoms with Gasteiger partial charge in [0.25, 0.3) is 0 Å². The van der Waals surface area contributed by atoms with Gasteiger partial charge in [-0.05, 0) is 64.5 Å². The van der Waals surface area contributed by atoms with Crippen LogP contribution in [0.1, 0.15) is 66.2 Å². The van der Waals surface area contributed by atoms with E-state index in [0.717, 1.165) is 18.6 Å². The van der Waals surface area contributed by atoms with Crippen molar-refractivity contribution in [1.29, 1.82) is 0 Å². The Kier molecular flexibility index (Phi) is 5.68. The fourth-order valence-corrected chi connectivity index (χ4v) is 3.77. The fourth-order valence-electron chi connectivity index (χ4n) is 3.77. The molecule has 0 bridgehead atoms. The molecule has 1 atom stereocenters. The SMILES string of the molecule is CC(C)=CCN1CCC(NC2CCCC(C)(C)C2)CC1. The molecule has 2 heteroatoms. The van der Waals surface area contributed by atoms with Crippen LogP contribution >= 0.6 is 0 Å². The molecule has 1 saturated carbocycles. The normalized spacial score (nSPS) is 28.3. The molecule has 1 saturated heterocycles. The highest BCUT2D eigenvalue weighted by atomic mass is 15.1. The van der Waals surface area contributed by atoms with Crippen LogP contribution in [0.5, 0.6) is 0 Å². The molecule has 0 aromatic rings. The third kappa shape index (κ3) is 5.21. The summed E-state index contributed by atoms with van der Waals surface area (Å²) >= 11 is 0. The molecule has 0 spiro atoms. The molecule has 2 rings (SSSR count). The monoisotopic (exact) mass is 278 g/mol. The molecule has 0 aromatic heterocycles. The number of likely N-dealkylation sites (tertiary alicyclic amines) is 1. The van der Waals surface area contributed by atoms with Gasteiger partial charge in [0.05, 0.1) is 0 Å². The lowest BCUT2D eigenvalue weighted by molar-refractivity contribution is 0.159. The van der Waals surface area contributed by atoms with Crippen LogP contribution in [0.2, 0.25) is 0 Å². The van der Waals surface area contributed by atoms with Crippen LogP contribution in [0.3, 0.4) is 0 Å². The Labute approximate surface area is 126 Å². The first-order chi connectivity index (χ1) is 9.44. The lowest BCUT2D eigenvalue weighted by Gasteiger charge is -2.39. The van der Waals surface area contributed by atoms with Gasteiger partial charge in [-0.1, -0.05) is 31.9 Å². The van der Waals surface area contributed by atoms with Crippen LogP contribution in [-0.4, -0.2) is 36.6 Å². The Morgan fingerprint density at radius 3 is 2.45 bits per heavy atom. The summed E-state index contributed by atoms with van der Waals surface area (Å²) in [7, 11) is 0. The Balaban J connectivity index is 1.70. The topological polar surface area (TPSA) is 15.3 Å². The van der Waals surface area contributed by atoms with Crippen molar-refractivity contribution in [2.24, 2.45) is 5.41 Å². The molecule has 0 aromatic carbocycles. The van der Waals surface area contributed by atoms with Crippen molar-refractivity contribution in [3.63, 3.8) is 0 Å². The van der Waals surface area contributed by atoms with Gasteiger partial charge in [0, 0.05) is 18.6 Å². The van der Waals surface area contributed by atoms with E-state index in [1.807, 2.05) is 0 Å². The lowest BCUT2D eigenvalue weighted by atomic mass is 9.75. The number of nitrogens with zero attached hydrogens (tertiary/aromatic N) is 1. The van der Waals surface area contributed by atoms with Gasteiger partial charge < -0.3 is 5.32 Å². The van der Waals surface area contributed by atoms with Crippen molar-refractivity contribution in [2.45, 2.75) is 78.3 Å². The standard InChI is InChI=1S/C18H34N2/c1-15(2)7-11-20-12-8-16(9-13-20)19-17-6-5-10-18(3,4)14-17/h7,16-17,19H,5-6,8-14H2,1-4H3. The molecule has 1 N–H and O–H groups in total. The lowest BCUT2D eigenvalue weighted by Crippen LogP contribution is -2.48. The molecular formula is C18H34N2. The van der Waals surface area contributed by atoms with Crippen molar-refractivity contribution in [2.75, 3.05) is 19.6 Å². The van der Waals surface area contributed by atoms with E-state index < -0.39 is 0 Å². The van der Waals surface area contributed by atoms with Crippen molar-refractivity contribution in [3.8, 4) is 0 Å². The van der Waals surface area contributed by atoms with E-state index in [1.165, 1.54) is 57.2 Å². The molecule has 1 heterocycles. The second-order valence-electron chi connectivity index (χ2n) is 7.98. The van der Waals surface area contributed by atoms with Gasteiger partial charge in [0.1, 0.15) is 0 Å². The number of nitrogens with one attached hydrogen (secondary N) is 1. The first-order valence-corrected chi connectivity index (χ1v) is 8.56. The molecular weight excluding hydrogens is 244 g/mol. The highest BCUT2D eigenvalue weighted by Crippen LogP contribution is 2.35. The van der Waals surface area contributed by atoms with Crippen LogP contribution in [0.25, 0.3) is 0 Å². The third-order valence-electron chi connectivity index (χ3n) is 5.02. The van der Waals surface area contributed by atoms with Gasteiger partial charge >= 0.3 is 0 Å². The quantitative estimate of drug-likeness (QED) is 0.783. The van der Waals surface area contributed by atoms with Crippen molar-refractivity contribution >= 4 is 0 Å². The van der Waals surface area contributed by atoms with E-state index in [2.05, 4.69) is 44.0 Å². The van der Waals surface area contributed by atoms with Gasteiger partial charge in [-0.3, -0.25) is 4.90 Å². The van der Waals surface area contributed by atoms with Gasteiger partial charge in [-0.25, -0.2) is 0 Å². The first-order valence-electron chi connectivity index (χ1n) is 8.56. The molecule has 116 valence electrons. The van der Waals surface area contributed by atoms with Crippen molar-refractivity contribution in [1.82, 2.24) is 10.2 Å². The van der Waals surface area contributed by atoms with Crippen LogP contribution in [-0.2, 0) is 0 Å². The summed E-state index contributed by atoms with van der Waals surface area (Å²) in [6.45, 7) is 12.9. The van der Waals surface area contributed by atoms with Crippen LogP contribution in [0.4, 0.5) is 0 Å². The summed E-state index contributed by atoms with van der Waals surface area (Å²) in [6, 6.07) is 1.53. The Bertz CT molecular complexity index is 320. The molecule has 2 aliphatic rings. The van der Waals surface area contributed by atoms with Crippen molar-refractivity contribution in [3.05, 3.63) is 11.6 Å². The maximum absolute atomic E-state index is 3.96. The van der Waals surface area contributed by atoms with E-state index in [-0.39, 0.29) is 0 Å². The molecule has 20 heavy (non-hydrogen) atoms. The number of rotatable bonds is 4. The maximum Gasteiger partial charge on any atom is 0.0165 e. The highest BCUT2D eigenvalue weighted by Gasteiger charge is 2.29. The van der Waals surface area contributed by atoms with Crippen molar-refractivity contribution < 1.29 is 0 Å². The average molecular weight is 278 g/mol. The van der Waals surface area contributed by atoms with E-state index in [4.69, 9.17) is 0 Å². The van der Waals surface area contributed by atoms with E-state index in [0.29, 0.717) is 5.41 Å². The summed E-state index contributed by atoms with van der Waals surface area (Å²) in [5.41, 5.74) is 2.00. The first kappa shape index (κ1) is 16.0. The number of piperidine rings is 1. The van der Waals surface area contributed by atoms with Gasteiger partial charge in [0.2, 0.25) is 0 Å². The Hall–Kier alpha value is -0.340. The Morgan fingerprint density at radius 1 is 1.15 bits per heavy atom. The number of hydrogen-bond acceptors (Lipinski definition) is 2. The summed E-state index contributed by atoms with van der Waals surface area (Å²) in [5.74, 6) is 0. The highest BCUT2D eigenvalue weighted by molar-refractivity contribution is 4.96. The molecule has 1 aliphatic heterocycles. The van der Waals surface area contributed by atoms with Crippen LogP contribution < -0.4 is 5.32 Å². The van der Waals surface area contributed by atoms with E-state index in [1.54, 1.807) is 0 Å². The second-order valence-corrected chi connectivity index (χ2v) is 7.98. The fraction of sp³-hybridized carbons (Fsp3) is 0.889. The summed E-state index contributed by atoms with van der Waals surface area (Å²) in [6.07, 6.45) is 10.6. The number of allylic oxidation sites excluding steroid dienone is 1. The zero-order chi connectivity index (χ0) is 14.6. The second kappa shape index (κ2) is 7.09. The Morgan fingerprint density at radius 2 is 1.85 bits per heavy atom. The third-order valence-corrected chi connectivity index (χ3v) is 5.02. The molecule has 0 radical (unpaired) electrons. The van der Waals surface area contributed by atoms with E-state index >= 15 is 0 Å². The van der Waals surface area contributed by atoms with Crippen LogP contribution in [0, 0.1) is 5.41 Å². The van der Waals surface area contributed by atoms with Crippen LogP contribution in [0.15, 0.2) is 11.6 Å². The molecule has 0 amide bonds.